The number of carbonyl (C=O) groups excluding carboxylic acids is 1. The summed E-state index contributed by atoms with van der Waals surface area (Å²) in [5.41, 5.74) is -5.59. The van der Waals surface area contributed by atoms with Crippen molar-refractivity contribution in [1.82, 2.24) is 0 Å². The van der Waals surface area contributed by atoms with Crippen LogP contribution in [0.5, 0.6) is 0 Å². The summed E-state index contributed by atoms with van der Waals surface area (Å²) < 4.78 is 71.5. The highest BCUT2D eigenvalue weighted by Crippen LogP contribution is 2.28. The Morgan fingerprint density at radius 3 is 2.53 bits per heavy atom. The van der Waals surface area contributed by atoms with E-state index < -0.39 is 33.8 Å². The number of esters is 1. The maximum absolute atomic E-state index is 12.2. The van der Waals surface area contributed by atoms with Gasteiger partial charge in [-0.2, -0.15) is 21.6 Å². The first-order chi connectivity index (χ1) is 8.67. The van der Waals surface area contributed by atoms with E-state index in [4.69, 9.17) is 4.74 Å². The summed E-state index contributed by atoms with van der Waals surface area (Å²) >= 11 is 0. The lowest BCUT2D eigenvalue weighted by Gasteiger charge is -2.19. The van der Waals surface area contributed by atoms with Gasteiger partial charge in [0.05, 0.1) is 13.2 Å². The highest BCUT2D eigenvalue weighted by atomic mass is 32.2. The molecule has 0 aromatic heterocycles. The largest absolute Gasteiger partial charge is 0.523 e. The fourth-order valence-corrected chi connectivity index (χ4v) is 2.15. The van der Waals surface area contributed by atoms with Gasteiger partial charge in [-0.25, -0.2) is 8.98 Å². The average molecular weight is 306 g/mol. The molecule has 0 spiro atoms. The third-order valence-corrected chi connectivity index (χ3v) is 3.54. The van der Waals surface area contributed by atoms with E-state index in [0.717, 1.165) is 7.11 Å². The first-order valence-corrected chi connectivity index (χ1v) is 6.77. The standard InChI is InChI=1S/C9H13F3O6S/c1-16-8(13)7(5-6-3-2-4-17-6)18-19(14,15)9(10,11)12/h6-7H,2-5H2,1H3. The van der Waals surface area contributed by atoms with Gasteiger partial charge in [-0.15, -0.1) is 0 Å². The molecule has 1 heterocycles. The number of hydrogen-bond acceptors (Lipinski definition) is 6. The molecule has 1 rings (SSSR count). The van der Waals surface area contributed by atoms with Crippen molar-refractivity contribution in [3.63, 3.8) is 0 Å². The van der Waals surface area contributed by atoms with Crippen LogP contribution < -0.4 is 0 Å². The molecule has 1 aliphatic heterocycles. The van der Waals surface area contributed by atoms with Gasteiger partial charge in [0.2, 0.25) is 0 Å². The van der Waals surface area contributed by atoms with Crippen molar-refractivity contribution in [2.75, 3.05) is 13.7 Å². The number of halogens is 3. The zero-order valence-electron chi connectivity index (χ0n) is 9.97. The second-order valence-electron chi connectivity index (χ2n) is 3.88. The maximum atomic E-state index is 12.2. The molecule has 0 aliphatic carbocycles. The molecule has 19 heavy (non-hydrogen) atoms. The van der Waals surface area contributed by atoms with Crippen molar-refractivity contribution in [3.05, 3.63) is 0 Å². The van der Waals surface area contributed by atoms with Gasteiger partial charge in [0.25, 0.3) is 0 Å². The van der Waals surface area contributed by atoms with Gasteiger partial charge in [-0.05, 0) is 12.8 Å². The summed E-state index contributed by atoms with van der Waals surface area (Å²) in [6, 6.07) is 0. The molecule has 0 bridgehead atoms. The molecule has 0 N–H and O–H groups in total. The fourth-order valence-electron chi connectivity index (χ4n) is 1.58. The Balaban J connectivity index is 2.77. The molecule has 0 saturated carbocycles. The molecule has 0 radical (unpaired) electrons. The van der Waals surface area contributed by atoms with E-state index in [9.17, 15) is 26.4 Å². The lowest BCUT2D eigenvalue weighted by atomic mass is 10.1. The molecule has 2 unspecified atom stereocenters. The second-order valence-corrected chi connectivity index (χ2v) is 5.44. The highest BCUT2D eigenvalue weighted by molar-refractivity contribution is 7.87. The van der Waals surface area contributed by atoms with Crippen LogP contribution in [0.1, 0.15) is 19.3 Å². The van der Waals surface area contributed by atoms with E-state index in [-0.39, 0.29) is 6.42 Å². The van der Waals surface area contributed by atoms with Crippen LogP contribution in [0.15, 0.2) is 0 Å². The number of alkyl halides is 3. The van der Waals surface area contributed by atoms with Crippen molar-refractivity contribution >= 4 is 16.1 Å². The zero-order valence-corrected chi connectivity index (χ0v) is 10.8. The molecule has 10 heteroatoms. The van der Waals surface area contributed by atoms with Crippen LogP contribution >= 0.6 is 0 Å². The lowest BCUT2D eigenvalue weighted by molar-refractivity contribution is -0.151. The van der Waals surface area contributed by atoms with Crippen molar-refractivity contribution in [2.45, 2.75) is 37.0 Å². The Morgan fingerprint density at radius 1 is 1.47 bits per heavy atom. The third kappa shape index (κ3) is 4.32. The molecular weight excluding hydrogens is 293 g/mol. The topological polar surface area (TPSA) is 78.9 Å². The van der Waals surface area contributed by atoms with E-state index in [1.165, 1.54) is 0 Å². The maximum Gasteiger partial charge on any atom is 0.523 e. The van der Waals surface area contributed by atoms with E-state index in [1.54, 1.807) is 0 Å². The molecule has 0 aromatic carbocycles. The Bertz CT molecular complexity index is 412. The van der Waals surface area contributed by atoms with Gasteiger partial charge in [-0.1, -0.05) is 0 Å². The van der Waals surface area contributed by atoms with Crippen LogP contribution in [-0.4, -0.2) is 45.8 Å². The summed E-state index contributed by atoms with van der Waals surface area (Å²) in [5, 5.41) is 0. The Labute approximate surface area is 107 Å². The first kappa shape index (κ1) is 16.2. The summed E-state index contributed by atoms with van der Waals surface area (Å²) in [4.78, 5) is 11.3. The van der Waals surface area contributed by atoms with Crippen molar-refractivity contribution in [1.29, 1.82) is 0 Å². The van der Waals surface area contributed by atoms with E-state index in [0.29, 0.717) is 19.4 Å². The van der Waals surface area contributed by atoms with Crippen molar-refractivity contribution in [3.8, 4) is 0 Å². The molecule has 1 aliphatic rings. The summed E-state index contributed by atoms with van der Waals surface area (Å²) in [6.07, 6.45) is -1.48. The molecule has 1 fully saturated rings. The number of methoxy groups -OCH3 is 1. The van der Waals surface area contributed by atoms with Gasteiger partial charge >= 0.3 is 21.6 Å². The number of carbonyl (C=O) groups is 1. The van der Waals surface area contributed by atoms with E-state index >= 15 is 0 Å². The summed E-state index contributed by atoms with van der Waals surface area (Å²) in [7, 11) is -4.93. The van der Waals surface area contributed by atoms with E-state index in [1.807, 2.05) is 0 Å². The van der Waals surface area contributed by atoms with Gasteiger partial charge in [0, 0.05) is 13.0 Å². The van der Waals surface area contributed by atoms with Gasteiger partial charge < -0.3 is 9.47 Å². The smallest absolute Gasteiger partial charge is 0.467 e. The van der Waals surface area contributed by atoms with Gasteiger partial charge in [0.1, 0.15) is 0 Å². The zero-order chi connectivity index (χ0) is 14.7. The van der Waals surface area contributed by atoms with Crippen molar-refractivity contribution < 1.29 is 40.0 Å². The minimum absolute atomic E-state index is 0.304. The Morgan fingerprint density at radius 2 is 2.11 bits per heavy atom. The number of hydrogen-bond donors (Lipinski definition) is 0. The van der Waals surface area contributed by atoms with Crippen molar-refractivity contribution in [2.24, 2.45) is 0 Å². The van der Waals surface area contributed by atoms with Crippen LogP contribution in [-0.2, 0) is 28.6 Å². The quantitative estimate of drug-likeness (QED) is 0.428. The SMILES string of the molecule is COC(=O)C(CC1CCCO1)OS(=O)(=O)C(F)(F)F. The molecule has 1 saturated heterocycles. The second kappa shape index (κ2) is 6.06. The summed E-state index contributed by atoms with van der Waals surface area (Å²) in [6.45, 7) is 0.407. The Hall–Kier alpha value is -0.870. The Kier molecular flexibility index (Phi) is 5.16. The van der Waals surface area contributed by atoms with Crippen LogP contribution in [0.4, 0.5) is 13.2 Å². The van der Waals surface area contributed by atoms with Gasteiger partial charge in [0.15, 0.2) is 6.10 Å². The highest BCUT2D eigenvalue weighted by Gasteiger charge is 2.50. The van der Waals surface area contributed by atoms with Crippen LogP contribution in [0.25, 0.3) is 0 Å². The number of rotatable bonds is 5. The summed E-state index contributed by atoms with van der Waals surface area (Å²) in [5.74, 6) is -1.19. The third-order valence-electron chi connectivity index (χ3n) is 2.49. The predicted octanol–water partition coefficient (Wildman–Crippen LogP) is 0.963. The average Bonchev–Trinajstić information content (AvgIpc) is 2.78. The van der Waals surface area contributed by atoms with Crippen LogP contribution in [0.2, 0.25) is 0 Å². The predicted molar refractivity (Wildman–Crippen MR) is 55.5 cm³/mol. The minimum Gasteiger partial charge on any atom is -0.467 e. The van der Waals surface area contributed by atoms with Gasteiger partial charge in [-0.3, -0.25) is 0 Å². The molecular formula is C9H13F3O6S. The fraction of sp³-hybridized carbons (Fsp3) is 0.889. The van der Waals surface area contributed by atoms with E-state index in [2.05, 4.69) is 8.92 Å². The molecule has 2 atom stereocenters. The monoisotopic (exact) mass is 306 g/mol. The molecule has 6 nitrogen and oxygen atoms in total. The van der Waals surface area contributed by atoms with Crippen LogP contribution in [0, 0.1) is 0 Å². The molecule has 0 amide bonds. The first-order valence-electron chi connectivity index (χ1n) is 5.36. The van der Waals surface area contributed by atoms with Crippen LogP contribution in [0.3, 0.4) is 0 Å². The number of ether oxygens (including phenoxy) is 2. The molecule has 0 aromatic rings. The minimum atomic E-state index is -5.85. The lowest BCUT2D eigenvalue weighted by Crippen LogP contribution is -2.36. The molecule has 112 valence electrons. The normalized spacial score (nSPS) is 22.2.